The Labute approximate surface area is 195 Å². The first-order chi connectivity index (χ1) is 15.8. The number of nitrogens with one attached hydrogen (secondary N) is 1. The smallest absolute Gasteiger partial charge is 0.416 e. The summed E-state index contributed by atoms with van der Waals surface area (Å²) in [4.78, 5) is 37.2. The summed E-state index contributed by atoms with van der Waals surface area (Å²) in [6, 6.07) is 4.31. The molecule has 0 spiro atoms. The third-order valence-electron chi connectivity index (χ3n) is 5.19. The van der Waals surface area contributed by atoms with E-state index < -0.39 is 35.0 Å². The number of rotatable bonds is 5. The molecule has 2 aromatic rings. The Kier molecular flexibility index (Phi) is 7.13. The lowest BCUT2D eigenvalue weighted by Crippen LogP contribution is -2.44. The summed E-state index contributed by atoms with van der Waals surface area (Å²) in [7, 11) is 0. The van der Waals surface area contributed by atoms with Gasteiger partial charge >= 0.3 is 12.3 Å². The van der Waals surface area contributed by atoms with E-state index in [1.165, 1.54) is 17.0 Å². The first-order valence-electron chi connectivity index (χ1n) is 11.0. The van der Waals surface area contributed by atoms with Gasteiger partial charge in [0.2, 0.25) is 5.95 Å². The lowest BCUT2D eigenvalue weighted by molar-refractivity contribution is -0.137. The minimum absolute atomic E-state index is 0.0396. The number of fused-ring (bicyclic) bond motifs is 1. The Morgan fingerprint density at radius 3 is 2.41 bits per heavy atom. The maximum absolute atomic E-state index is 13.2. The molecular formula is C23H29F3N4O4. The standard InChI is InChI=1S/C23H29F3N4O4/c1-6-33-30-19(31)17-13-29(21(32)34-22(3,4)5)12-11-18(17)28-20(30)27-14(2)15-7-9-16(10-8-15)23(24,25)26/h7-10,14H,6,11-13H2,1-5H3,(H,27,28). The Balaban J connectivity index is 1.87. The normalized spacial score (nSPS) is 14.9. The van der Waals surface area contributed by atoms with Crippen LogP contribution < -0.4 is 15.7 Å². The molecule has 3 rings (SSSR count). The molecule has 0 saturated heterocycles. The van der Waals surface area contributed by atoms with E-state index in [2.05, 4.69) is 10.3 Å². The Morgan fingerprint density at radius 2 is 1.85 bits per heavy atom. The van der Waals surface area contributed by atoms with Gasteiger partial charge in [0.15, 0.2) is 0 Å². The molecule has 1 amide bonds. The zero-order valence-corrected chi connectivity index (χ0v) is 19.8. The maximum atomic E-state index is 13.2. The number of alkyl halides is 3. The highest BCUT2D eigenvalue weighted by Gasteiger charge is 2.31. The van der Waals surface area contributed by atoms with Crippen molar-refractivity contribution in [2.45, 2.75) is 65.4 Å². The fourth-order valence-corrected chi connectivity index (χ4v) is 3.52. The Morgan fingerprint density at radius 1 is 1.21 bits per heavy atom. The number of aromatic nitrogens is 2. The van der Waals surface area contributed by atoms with Gasteiger partial charge in [0.1, 0.15) is 12.2 Å². The van der Waals surface area contributed by atoms with E-state index in [-0.39, 0.29) is 19.1 Å². The van der Waals surface area contributed by atoms with Crippen molar-refractivity contribution in [2.24, 2.45) is 0 Å². The van der Waals surface area contributed by atoms with E-state index in [0.717, 1.165) is 16.9 Å². The summed E-state index contributed by atoms with van der Waals surface area (Å²) in [6.45, 7) is 9.31. The summed E-state index contributed by atoms with van der Waals surface area (Å²) >= 11 is 0. The molecule has 0 fully saturated rings. The van der Waals surface area contributed by atoms with Gasteiger partial charge in [-0.3, -0.25) is 4.79 Å². The van der Waals surface area contributed by atoms with Gasteiger partial charge < -0.3 is 19.8 Å². The Hall–Kier alpha value is -3.24. The molecule has 1 aromatic carbocycles. The molecule has 1 unspecified atom stereocenters. The fraction of sp³-hybridized carbons (Fsp3) is 0.522. The minimum Gasteiger partial charge on any atom is -0.444 e. The highest BCUT2D eigenvalue weighted by molar-refractivity contribution is 5.68. The van der Waals surface area contributed by atoms with Gasteiger partial charge in [-0.25, -0.2) is 9.78 Å². The predicted molar refractivity (Wildman–Crippen MR) is 119 cm³/mol. The molecule has 11 heteroatoms. The molecule has 34 heavy (non-hydrogen) atoms. The van der Waals surface area contributed by atoms with Gasteiger partial charge in [-0.05, 0) is 52.3 Å². The number of benzene rings is 1. The van der Waals surface area contributed by atoms with Crippen molar-refractivity contribution in [3.05, 3.63) is 57.0 Å². The molecule has 2 heterocycles. The quantitative estimate of drug-likeness (QED) is 0.688. The van der Waals surface area contributed by atoms with Gasteiger partial charge in [-0.2, -0.15) is 13.2 Å². The van der Waals surface area contributed by atoms with Crippen LogP contribution in [0.25, 0.3) is 0 Å². The van der Waals surface area contributed by atoms with Crippen LogP contribution in [-0.2, 0) is 23.9 Å². The van der Waals surface area contributed by atoms with Gasteiger partial charge in [-0.1, -0.05) is 12.1 Å². The van der Waals surface area contributed by atoms with Crippen LogP contribution in [0.3, 0.4) is 0 Å². The van der Waals surface area contributed by atoms with Crippen LogP contribution in [0.2, 0.25) is 0 Å². The van der Waals surface area contributed by atoms with Crippen molar-refractivity contribution in [3.8, 4) is 0 Å². The van der Waals surface area contributed by atoms with E-state index in [9.17, 15) is 22.8 Å². The third kappa shape index (κ3) is 5.81. The van der Waals surface area contributed by atoms with E-state index in [1.54, 1.807) is 34.6 Å². The van der Waals surface area contributed by atoms with E-state index in [1.807, 2.05) is 0 Å². The van der Waals surface area contributed by atoms with Crippen LogP contribution in [0.1, 0.15) is 63.0 Å². The van der Waals surface area contributed by atoms with Crippen LogP contribution >= 0.6 is 0 Å². The molecule has 0 saturated carbocycles. The average molecular weight is 483 g/mol. The lowest BCUT2D eigenvalue weighted by atomic mass is 10.1. The molecule has 1 atom stereocenters. The molecule has 1 aromatic heterocycles. The fourth-order valence-electron chi connectivity index (χ4n) is 3.52. The molecule has 1 N–H and O–H groups in total. The molecule has 186 valence electrons. The van der Waals surface area contributed by atoms with Crippen LogP contribution in [0.15, 0.2) is 29.1 Å². The van der Waals surface area contributed by atoms with E-state index >= 15 is 0 Å². The topological polar surface area (TPSA) is 85.7 Å². The first-order valence-corrected chi connectivity index (χ1v) is 11.0. The number of nitrogens with zero attached hydrogens (tertiary/aromatic N) is 3. The lowest BCUT2D eigenvalue weighted by Gasteiger charge is -2.31. The molecule has 0 radical (unpaired) electrons. The zero-order valence-electron chi connectivity index (χ0n) is 19.8. The number of hydrogen-bond acceptors (Lipinski definition) is 6. The van der Waals surface area contributed by atoms with Crippen molar-refractivity contribution < 1.29 is 27.5 Å². The van der Waals surface area contributed by atoms with Crippen LogP contribution in [0, 0.1) is 0 Å². The minimum atomic E-state index is -4.42. The van der Waals surface area contributed by atoms with Gasteiger partial charge in [0.05, 0.1) is 29.4 Å². The highest BCUT2D eigenvalue weighted by atomic mass is 19.4. The maximum Gasteiger partial charge on any atom is 0.416 e. The number of halogens is 3. The monoisotopic (exact) mass is 482 g/mol. The van der Waals surface area contributed by atoms with Gasteiger partial charge in [0.25, 0.3) is 5.56 Å². The molecule has 8 nitrogen and oxygen atoms in total. The average Bonchev–Trinajstić information content (AvgIpc) is 2.74. The highest BCUT2D eigenvalue weighted by Crippen LogP contribution is 2.30. The number of hydrogen-bond donors (Lipinski definition) is 1. The second kappa shape index (κ2) is 9.55. The molecule has 1 aliphatic heterocycles. The number of anilines is 1. The van der Waals surface area contributed by atoms with Crippen molar-refractivity contribution in [3.63, 3.8) is 0 Å². The number of ether oxygens (including phenoxy) is 1. The summed E-state index contributed by atoms with van der Waals surface area (Å²) in [5.74, 6) is 0.142. The second-order valence-corrected chi connectivity index (χ2v) is 9.02. The summed E-state index contributed by atoms with van der Waals surface area (Å²) in [5, 5.41) is 3.07. The van der Waals surface area contributed by atoms with E-state index in [0.29, 0.717) is 29.8 Å². The summed E-state index contributed by atoms with van der Waals surface area (Å²) in [6.07, 6.45) is -4.59. The molecule has 1 aliphatic rings. The van der Waals surface area contributed by atoms with Crippen LogP contribution in [0.4, 0.5) is 23.9 Å². The molecule has 0 bridgehead atoms. The number of carbonyl (C=O) groups is 1. The first kappa shape index (κ1) is 25.4. The summed E-state index contributed by atoms with van der Waals surface area (Å²) < 4.78 is 45.0. The largest absolute Gasteiger partial charge is 0.444 e. The van der Waals surface area contributed by atoms with Crippen molar-refractivity contribution in [2.75, 3.05) is 18.5 Å². The third-order valence-corrected chi connectivity index (χ3v) is 5.19. The van der Waals surface area contributed by atoms with Crippen LogP contribution in [-0.4, -0.2) is 39.5 Å². The molecular weight excluding hydrogens is 453 g/mol. The van der Waals surface area contributed by atoms with Crippen molar-refractivity contribution >= 4 is 12.0 Å². The number of amides is 1. The van der Waals surface area contributed by atoms with Crippen LogP contribution in [0.5, 0.6) is 0 Å². The number of carbonyl (C=O) groups excluding carboxylic acids is 1. The van der Waals surface area contributed by atoms with Crippen molar-refractivity contribution in [1.82, 2.24) is 14.6 Å². The predicted octanol–water partition coefficient (Wildman–Crippen LogP) is 4.18. The van der Waals surface area contributed by atoms with Crippen molar-refractivity contribution in [1.29, 1.82) is 0 Å². The SMILES string of the molecule is CCOn1c(NC(C)c2ccc(C(F)(F)F)cc2)nc2c(c1=O)CN(C(=O)OC(C)(C)C)CC2. The molecule has 0 aliphatic carbocycles. The zero-order chi connectivity index (χ0) is 25.3. The summed E-state index contributed by atoms with van der Waals surface area (Å²) in [5.41, 5.74) is -0.415. The van der Waals surface area contributed by atoms with Gasteiger partial charge in [-0.15, -0.1) is 4.73 Å². The van der Waals surface area contributed by atoms with E-state index in [4.69, 9.17) is 9.57 Å². The Bertz CT molecular complexity index is 1090. The second-order valence-electron chi connectivity index (χ2n) is 9.02. The van der Waals surface area contributed by atoms with Gasteiger partial charge in [0, 0.05) is 13.0 Å².